The van der Waals surface area contributed by atoms with Crippen LogP contribution in [0.25, 0.3) is 0 Å². The number of furan rings is 1. The van der Waals surface area contributed by atoms with Gasteiger partial charge in [0.25, 0.3) is 5.91 Å². The molecule has 0 fully saturated rings. The first-order chi connectivity index (χ1) is 7.81. The van der Waals surface area contributed by atoms with E-state index in [0.29, 0.717) is 10.9 Å². The van der Waals surface area contributed by atoms with Crippen molar-refractivity contribution >= 4 is 27.5 Å². The molecule has 0 saturated carbocycles. The number of benzene rings is 1. The minimum absolute atomic E-state index is 0.165. The second kappa shape index (κ2) is 4.99. The molecule has 1 aromatic heterocycles. The van der Waals surface area contributed by atoms with Gasteiger partial charge in [0, 0.05) is 11.0 Å². The maximum atomic E-state index is 11.8. The Balaban J connectivity index is 2.18. The van der Waals surface area contributed by atoms with Gasteiger partial charge in [-0.05, 0) is 17.7 Å². The van der Waals surface area contributed by atoms with E-state index in [0.717, 1.165) is 11.3 Å². The van der Waals surface area contributed by atoms with Gasteiger partial charge in [0.1, 0.15) is 6.26 Å². The van der Waals surface area contributed by atoms with Gasteiger partial charge in [-0.2, -0.15) is 0 Å². The van der Waals surface area contributed by atoms with E-state index in [9.17, 15) is 4.79 Å². The predicted octanol–water partition coefficient (Wildman–Crippen LogP) is 3.43. The summed E-state index contributed by atoms with van der Waals surface area (Å²) in [7, 11) is 0. The Morgan fingerprint density at radius 2 is 2.12 bits per heavy atom. The average Bonchev–Trinajstić information content (AvgIpc) is 2.83. The summed E-state index contributed by atoms with van der Waals surface area (Å²) in [5.74, 6) is -0.165. The van der Waals surface area contributed by atoms with Gasteiger partial charge in [-0.3, -0.25) is 4.79 Å². The van der Waals surface area contributed by atoms with Crippen molar-refractivity contribution in [2.24, 2.45) is 0 Å². The summed E-state index contributed by atoms with van der Waals surface area (Å²) < 4.78 is 4.86. The van der Waals surface area contributed by atoms with Crippen LogP contribution in [-0.4, -0.2) is 5.91 Å². The molecule has 2 rings (SSSR count). The van der Waals surface area contributed by atoms with E-state index in [1.165, 1.54) is 12.5 Å². The number of amides is 1. The van der Waals surface area contributed by atoms with Crippen LogP contribution in [0, 0.1) is 0 Å². The monoisotopic (exact) mass is 279 g/mol. The van der Waals surface area contributed by atoms with E-state index in [1.807, 2.05) is 24.3 Å². The number of hydrogen-bond donors (Lipinski definition) is 1. The van der Waals surface area contributed by atoms with Crippen molar-refractivity contribution in [2.45, 2.75) is 5.33 Å². The molecule has 0 saturated heterocycles. The topological polar surface area (TPSA) is 42.2 Å². The molecule has 1 amide bonds. The Bertz CT molecular complexity index is 480. The molecule has 82 valence electrons. The van der Waals surface area contributed by atoms with Gasteiger partial charge in [-0.25, -0.2) is 0 Å². The van der Waals surface area contributed by atoms with Gasteiger partial charge in [0.05, 0.1) is 11.8 Å². The molecule has 2 aromatic rings. The second-order valence-electron chi connectivity index (χ2n) is 3.26. The standard InChI is InChI=1S/C12H10BrNO2/c13-7-9-3-1-2-4-11(9)14-12(15)10-5-6-16-8-10/h1-6,8H,7H2,(H,14,15). The molecular formula is C12H10BrNO2. The quantitative estimate of drug-likeness (QED) is 0.875. The molecule has 1 heterocycles. The van der Waals surface area contributed by atoms with E-state index in [-0.39, 0.29) is 5.91 Å². The lowest BCUT2D eigenvalue weighted by atomic mass is 10.2. The summed E-state index contributed by atoms with van der Waals surface area (Å²) in [6.07, 6.45) is 2.90. The van der Waals surface area contributed by atoms with Crippen LogP contribution in [0.1, 0.15) is 15.9 Å². The Hall–Kier alpha value is -1.55. The number of halogens is 1. The van der Waals surface area contributed by atoms with Gasteiger partial charge < -0.3 is 9.73 Å². The number of anilines is 1. The molecule has 0 bridgehead atoms. The molecule has 3 nitrogen and oxygen atoms in total. The minimum Gasteiger partial charge on any atom is -0.472 e. The third-order valence-corrected chi connectivity index (χ3v) is 2.80. The Labute approximate surface area is 102 Å². The van der Waals surface area contributed by atoms with Crippen molar-refractivity contribution in [2.75, 3.05) is 5.32 Å². The number of hydrogen-bond acceptors (Lipinski definition) is 2. The zero-order chi connectivity index (χ0) is 11.4. The van der Waals surface area contributed by atoms with Crippen LogP contribution < -0.4 is 5.32 Å². The summed E-state index contributed by atoms with van der Waals surface area (Å²) in [4.78, 5) is 11.8. The lowest BCUT2D eigenvalue weighted by Gasteiger charge is -2.07. The van der Waals surface area contributed by atoms with Gasteiger partial charge in [0.2, 0.25) is 0 Å². The van der Waals surface area contributed by atoms with Crippen molar-refractivity contribution in [3.8, 4) is 0 Å². The molecule has 0 radical (unpaired) electrons. The van der Waals surface area contributed by atoms with E-state index >= 15 is 0 Å². The molecule has 0 unspecified atom stereocenters. The van der Waals surface area contributed by atoms with Crippen LogP contribution >= 0.6 is 15.9 Å². The van der Waals surface area contributed by atoms with Crippen LogP contribution in [0.2, 0.25) is 0 Å². The summed E-state index contributed by atoms with van der Waals surface area (Å²) in [6, 6.07) is 9.28. The van der Waals surface area contributed by atoms with Crippen LogP contribution in [0.3, 0.4) is 0 Å². The molecular weight excluding hydrogens is 270 g/mol. The Morgan fingerprint density at radius 3 is 2.81 bits per heavy atom. The normalized spacial score (nSPS) is 10.1. The SMILES string of the molecule is O=C(Nc1ccccc1CBr)c1ccoc1. The first-order valence-electron chi connectivity index (χ1n) is 4.78. The zero-order valence-electron chi connectivity index (χ0n) is 8.44. The van der Waals surface area contributed by atoms with E-state index < -0.39 is 0 Å². The molecule has 16 heavy (non-hydrogen) atoms. The number of carbonyl (C=O) groups is 1. The summed E-state index contributed by atoms with van der Waals surface area (Å²) in [5, 5.41) is 3.54. The van der Waals surface area contributed by atoms with Crippen molar-refractivity contribution in [1.29, 1.82) is 0 Å². The predicted molar refractivity (Wildman–Crippen MR) is 65.7 cm³/mol. The van der Waals surface area contributed by atoms with Crippen molar-refractivity contribution < 1.29 is 9.21 Å². The highest BCUT2D eigenvalue weighted by Gasteiger charge is 2.08. The lowest BCUT2D eigenvalue weighted by molar-refractivity contribution is 0.102. The fourth-order valence-corrected chi connectivity index (χ4v) is 1.84. The third-order valence-electron chi connectivity index (χ3n) is 2.19. The summed E-state index contributed by atoms with van der Waals surface area (Å²) in [6.45, 7) is 0. The highest BCUT2D eigenvalue weighted by atomic mass is 79.9. The van der Waals surface area contributed by atoms with Gasteiger partial charge >= 0.3 is 0 Å². The molecule has 1 N–H and O–H groups in total. The second-order valence-corrected chi connectivity index (χ2v) is 3.82. The van der Waals surface area contributed by atoms with Crippen LogP contribution in [-0.2, 0) is 5.33 Å². The lowest BCUT2D eigenvalue weighted by Crippen LogP contribution is -2.11. The van der Waals surface area contributed by atoms with Crippen LogP contribution in [0.15, 0.2) is 47.3 Å². The van der Waals surface area contributed by atoms with Gasteiger partial charge in [-0.1, -0.05) is 34.1 Å². The van der Waals surface area contributed by atoms with Crippen molar-refractivity contribution in [3.63, 3.8) is 0 Å². The minimum atomic E-state index is -0.165. The van der Waals surface area contributed by atoms with Crippen molar-refractivity contribution in [3.05, 3.63) is 54.0 Å². The molecule has 0 aliphatic rings. The number of rotatable bonds is 3. The summed E-state index contributed by atoms with van der Waals surface area (Å²) >= 11 is 3.38. The maximum Gasteiger partial charge on any atom is 0.258 e. The van der Waals surface area contributed by atoms with E-state index in [2.05, 4.69) is 21.2 Å². The van der Waals surface area contributed by atoms with Crippen LogP contribution in [0.4, 0.5) is 5.69 Å². The molecule has 0 atom stereocenters. The first kappa shape index (κ1) is 11.0. The first-order valence-corrected chi connectivity index (χ1v) is 5.91. The molecule has 0 aliphatic heterocycles. The molecule has 4 heteroatoms. The maximum absolute atomic E-state index is 11.8. The smallest absolute Gasteiger partial charge is 0.258 e. The number of alkyl halides is 1. The highest BCUT2D eigenvalue weighted by molar-refractivity contribution is 9.08. The Kier molecular flexibility index (Phi) is 3.41. The van der Waals surface area contributed by atoms with Crippen LogP contribution in [0.5, 0.6) is 0 Å². The van der Waals surface area contributed by atoms with Gasteiger partial charge in [0.15, 0.2) is 0 Å². The van der Waals surface area contributed by atoms with E-state index in [4.69, 9.17) is 4.42 Å². The fraction of sp³-hybridized carbons (Fsp3) is 0.0833. The van der Waals surface area contributed by atoms with E-state index in [1.54, 1.807) is 6.07 Å². The number of para-hydroxylation sites is 1. The molecule has 0 spiro atoms. The largest absolute Gasteiger partial charge is 0.472 e. The average molecular weight is 280 g/mol. The number of carbonyl (C=O) groups excluding carboxylic acids is 1. The summed E-state index contributed by atoms with van der Waals surface area (Å²) in [5.41, 5.74) is 2.37. The zero-order valence-corrected chi connectivity index (χ0v) is 10.0. The highest BCUT2D eigenvalue weighted by Crippen LogP contribution is 2.18. The Morgan fingerprint density at radius 1 is 1.31 bits per heavy atom. The molecule has 0 aliphatic carbocycles. The fourth-order valence-electron chi connectivity index (χ4n) is 1.35. The number of nitrogens with one attached hydrogen (secondary N) is 1. The van der Waals surface area contributed by atoms with Crippen molar-refractivity contribution in [1.82, 2.24) is 0 Å². The third kappa shape index (κ3) is 2.33. The van der Waals surface area contributed by atoms with Gasteiger partial charge in [-0.15, -0.1) is 0 Å². The molecule has 1 aromatic carbocycles.